The Morgan fingerprint density at radius 2 is 1.18 bits per heavy atom. The molecule has 0 radical (unpaired) electrons. The lowest BCUT2D eigenvalue weighted by Crippen LogP contribution is -2.67. The summed E-state index contributed by atoms with van der Waals surface area (Å²) in [6.45, 7) is 10.3. The molecule has 4 aromatic carbocycles. The molecule has 2 atom stereocenters. The number of rotatable bonds is 9. The van der Waals surface area contributed by atoms with Crippen LogP contribution in [0.2, 0.25) is 5.04 Å². The zero-order chi connectivity index (χ0) is 32.5. The van der Waals surface area contributed by atoms with E-state index < -0.39 is 39.5 Å². The maximum Gasteiger partial charge on any atom is 0.264 e. The third-order valence-electron chi connectivity index (χ3n) is 8.57. The Hall–Kier alpha value is -3.50. The van der Waals surface area contributed by atoms with Crippen LogP contribution in [-0.4, -0.2) is 47.4 Å². The van der Waals surface area contributed by atoms with Gasteiger partial charge in [-0.2, -0.15) is 0 Å². The number of sulfonamides is 1. The van der Waals surface area contributed by atoms with Gasteiger partial charge in [-0.1, -0.05) is 117 Å². The van der Waals surface area contributed by atoms with Crippen molar-refractivity contribution in [1.82, 2.24) is 4.31 Å². The summed E-state index contributed by atoms with van der Waals surface area (Å²) in [5, 5.41) is 0.866. The molecule has 0 amide bonds. The average Bonchev–Trinajstić information content (AvgIpc) is 3.02. The van der Waals surface area contributed by atoms with Crippen molar-refractivity contribution in [2.45, 2.75) is 67.2 Å². The monoisotopic (exact) mass is 659 g/mol. The molecule has 5 rings (SSSR count). The highest BCUT2D eigenvalue weighted by atomic mass is 32.2. The van der Waals surface area contributed by atoms with Gasteiger partial charge in [-0.25, -0.2) is 16.8 Å². The van der Waals surface area contributed by atoms with Gasteiger partial charge in [-0.3, -0.25) is 4.31 Å². The van der Waals surface area contributed by atoms with Crippen molar-refractivity contribution in [2.75, 3.05) is 6.61 Å². The van der Waals surface area contributed by atoms with E-state index in [0.29, 0.717) is 0 Å². The molecule has 0 N–H and O–H groups in total. The first-order valence-corrected chi connectivity index (χ1v) is 20.0. The van der Waals surface area contributed by atoms with E-state index in [1.807, 2.05) is 50.2 Å². The van der Waals surface area contributed by atoms with Crippen molar-refractivity contribution in [3.8, 4) is 0 Å². The van der Waals surface area contributed by atoms with E-state index in [2.05, 4.69) is 45.0 Å². The van der Waals surface area contributed by atoms with E-state index in [-0.39, 0.29) is 27.9 Å². The lowest BCUT2D eigenvalue weighted by Gasteiger charge is -2.45. The van der Waals surface area contributed by atoms with E-state index >= 15 is 0 Å². The van der Waals surface area contributed by atoms with Crippen LogP contribution in [0.15, 0.2) is 131 Å². The molecular weight excluding hydrogens is 619 g/mol. The summed E-state index contributed by atoms with van der Waals surface area (Å²) in [7, 11) is -10.8. The largest absolute Gasteiger partial charge is 0.405 e. The second-order valence-electron chi connectivity index (χ2n) is 12.7. The molecule has 0 saturated carbocycles. The topological polar surface area (TPSA) is 80.8 Å². The predicted octanol–water partition coefficient (Wildman–Crippen LogP) is 6.00. The minimum Gasteiger partial charge on any atom is -0.405 e. The Kier molecular flexibility index (Phi) is 9.29. The number of hydrogen-bond acceptors (Lipinski definition) is 5. The standard InChI is InChI=1S/C36H41NO5S2Si/c1-28-16-20-31(21-17-28)43(38,39)33-24-25-37(44(40,41)32-22-18-29(2)19-23-32)30(26-33)27-42-45(36(3,4)5,34-12-8-6-9-13-34)35-14-10-7-11-15-35/h6-25,30,33H,26-27H2,1-5H3. The van der Waals surface area contributed by atoms with Gasteiger partial charge in [0.05, 0.1) is 27.7 Å². The molecule has 1 heterocycles. The molecule has 0 aromatic heterocycles. The highest BCUT2D eigenvalue weighted by Crippen LogP contribution is 2.38. The van der Waals surface area contributed by atoms with Gasteiger partial charge in [-0.05, 0) is 66.0 Å². The molecule has 2 unspecified atom stereocenters. The van der Waals surface area contributed by atoms with Gasteiger partial charge >= 0.3 is 0 Å². The molecule has 6 nitrogen and oxygen atoms in total. The Bertz CT molecular complexity index is 1810. The molecule has 236 valence electrons. The summed E-state index contributed by atoms with van der Waals surface area (Å²) in [6.07, 6.45) is 2.98. The van der Waals surface area contributed by atoms with Crippen LogP contribution in [-0.2, 0) is 24.3 Å². The number of benzene rings is 4. The first kappa shape index (κ1) is 32.9. The van der Waals surface area contributed by atoms with Crippen LogP contribution < -0.4 is 10.4 Å². The van der Waals surface area contributed by atoms with Gasteiger partial charge in [0.15, 0.2) is 9.84 Å². The maximum absolute atomic E-state index is 14.1. The van der Waals surface area contributed by atoms with E-state index in [1.54, 1.807) is 48.5 Å². The second kappa shape index (κ2) is 12.7. The molecule has 4 aromatic rings. The fraction of sp³-hybridized carbons (Fsp3) is 0.278. The van der Waals surface area contributed by atoms with Crippen LogP contribution in [0.5, 0.6) is 0 Å². The first-order chi connectivity index (χ1) is 21.3. The van der Waals surface area contributed by atoms with Crippen molar-refractivity contribution in [3.63, 3.8) is 0 Å². The number of aryl methyl sites for hydroxylation is 2. The van der Waals surface area contributed by atoms with Crippen molar-refractivity contribution >= 4 is 38.6 Å². The normalized spacial score (nSPS) is 17.8. The molecule has 1 aliphatic heterocycles. The fourth-order valence-corrected chi connectivity index (χ4v) is 13.8. The third kappa shape index (κ3) is 6.45. The highest BCUT2D eigenvalue weighted by molar-refractivity contribution is 7.92. The lowest BCUT2D eigenvalue weighted by molar-refractivity contribution is 0.208. The van der Waals surface area contributed by atoms with Gasteiger partial charge < -0.3 is 4.43 Å². The van der Waals surface area contributed by atoms with Crippen LogP contribution in [0.4, 0.5) is 0 Å². The smallest absolute Gasteiger partial charge is 0.264 e. The van der Waals surface area contributed by atoms with Crippen molar-refractivity contribution < 1.29 is 21.3 Å². The summed E-state index contributed by atoms with van der Waals surface area (Å²) in [5.41, 5.74) is 1.90. The number of hydrogen-bond donors (Lipinski definition) is 0. The van der Waals surface area contributed by atoms with Crippen LogP contribution >= 0.6 is 0 Å². The minimum atomic E-state index is -4.01. The van der Waals surface area contributed by atoms with Crippen molar-refractivity contribution in [3.05, 3.63) is 133 Å². The molecular formula is C36H41NO5S2Si. The first-order valence-electron chi connectivity index (χ1n) is 15.1. The number of sulfone groups is 1. The third-order valence-corrected chi connectivity index (χ3v) is 17.5. The zero-order valence-corrected chi connectivity index (χ0v) is 29.1. The zero-order valence-electron chi connectivity index (χ0n) is 26.4. The van der Waals surface area contributed by atoms with Gasteiger partial charge in [0.1, 0.15) is 0 Å². The van der Waals surface area contributed by atoms with Gasteiger partial charge in [0.25, 0.3) is 18.3 Å². The molecule has 0 bridgehead atoms. The minimum absolute atomic E-state index is 0.0165. The second-order valence-corrected chi connectivity index (χ2v) is 21.1. The maximum atomic E-state index is 14.1. The predicted molar refractivity (Wildman–Crippen MR) is 183 cm³/mol. The van der Waals surface area contributed by atoms with E-state index in [9.17, 15) is 16.8 Å². The van der Waals surface area contributed by atoms with Gasteiger partial charge in [0, 0.05) is 6.20 Å². The molecule has 0 fully saturated rings. The van der Waals surface area contributed by atoms with Crippen molar-refractivity contribution in [2.24, 2.45) is 0 Å². The van der Waals surface area contributed by atoms with E-state index in [1.165, 1.54) is 16.6 Å². The van der Waals surface area contributed by atoms with Crippen LogP contribution in [0.1, 0.15) is 38.3 Å². The Morgan fingerprint density at radius 3 is 1.64 bits per heavy atom. The summed E-state index contributed by atoms with van der Waals surface area (Å²) in [5.74, 6) is 0. The van der Waals surface area contributed by atoms with E-state index in [4.69, 9.17) is 4.43 Å². The quantitative estimate of drug-likeness (QED) is 0.206. The molecule has 0 aliphatic carbocycles. The fourth-order valence-electron chi connectivity index (χ4n) is 6.12. The Balaban J connectivity index is 1.60. The summed E-state index contributed by atoms with van der Waals surface area (Å²) < 4.78 is 64.4. The van der Waals surface area contributed by atoms with Crippen molar-refractivity contribution in [1.29, 1.82) is 0 Å². The molecule has 9 heteroatoms. The lowest BCUT2D eigenvalue weighted by atomic mass is 10.1. The van der Waals surface area contributed by atoms with Crippen LogP contribution in [0.3, 0.4) is 0 Å². The van der Waals surface area contributed by atoms with Crippen LogP contribution in [0.25, 0.3) is 0 Å². The van der Waals surface area contributed by atoms with Gasteiger partial charge in [0.2, 0.25) is 0 Å². The van der Waals surface area contributed by atoms with Gasteiger partial charge in [-0.15, -0.1) is 0 Å². The Morgan fingerprint density at radius 1 is 0.711 bits per heavy atom. The van der Waals surface area contributed by atoms with Crippen LogP contribution in [0, 0.1) is 13.8 Å². The van der Waals surface area contributed by atoms with E-state index in [0.717, 1.165) is 21.5 Å². The Labute approximate surface area is 269 Å². The highest BCUT2D eigenvalue weighted by Gasteiger charge is 2.51. The summed E-state index contributed by atoms with van der Waals surface area (Å²) >= 11 is 0. The molecule has 0 spiro atoms. The molecule has 45 heavy (non-hydrogen) atoms. The molecule has 1 aliphatic rings. The SMILES string of the molecule is Cc1ccc(S(=O)(=O)C2C=CN(S(=O)(=O)c3ccc(C)cc3)C(CO[Si](c3ccccc3)(c3ccccc3)C(C)(C)C)C2)cc1. The summed E-state index contributed by atoms with van der Waals surface area (Å²) in [4.78, 5) is 0.359. The number of nitrogens with zero attached hydrogens (tertiary/aromatic N) is 1. The summed E-state index contributed by atoms with van der Waals surface area (Å²) in [6, 6.07) is 33.0. The average molecular weight is 660 g/mol. The molecule has 0 saturated heterocycles.